The fourth-order valence-corrected chi connectivity index (χ4v) is 3.13. The summed E-state index contributed by atoms with van der Waals surface area (Å²) in [6.07, 6.45) is 7.19. The predicted molar refractivity (Wildman–Crippen MR) is 86.7 cm³/mol. The third-order valence-corrected chi connectivity index (χ3v) is 4.60. The van der Waals surface area contributed by atoms with E-state index in [1.54, 1.807) is 17.1 Å². The Morgan fingerprint density at radius 1 is 1.43 bits per heavy atom. The first kappa shape index (κ1) is 15.8. The van der Waals surface area contributed by atoms with E-state index < -0.39 is 0 Å². The number of rotatable bonds is 5. The third kappa shape index (κ3) is 3.64. The first-order chi connectivity index (χ1) is 11.1. The van der Waals surface area contributed by atoms with E-state index in [2.05, 4.69) is 17.0 Å². The molecule has 2 aromatic rings. The highest BCUT2D eigenvalue weighted by Gasteiger charge is 2.31. The van der Waals surface area contributed by atoms with Crippen LogP contribution < -0.4 is 0 Å². The lowest BCUT2D eigenvalue weighted by Crippen LogP contribution is -2.48. The van der Waals surface area contributed by atoms with Crippen LogP contribution in [-0.2, 0) is 11.3 Å². The molecule has 23 heavy (non-hydrogen) atoms. The van der Waals surface area contributed by atoms with Gasteiger partial charge in [-0.2, -0.15) is 5.10 Å². The molecule has 6 heteroatoms. The number of likely N-dealkylation sites (tertiary alicyclic amines) is 1. The van der Waals surface area contributed by atoms with Gasteiger partial charge in [0.2, 0.25) is 5.91 Å². The van der Waals surface area contributed by atoms with Crippen molar-refractivity contribution in [1.29, 1.82) is 0 Å². The number of nitrogens with zero attached hydrogens (tertiary/aromatic N) is 4. The van der Waals surface area contributed by atoms with Crippen molar-refractivity contribution in [3.63, 3.8) is 0 Å². The van der Waals surface area contributed by atoms with Crippen LogP contribution in [-0.4, -0.2) is 51.7 Å². The number of carbonyl (C=O) groups is 1. The summed E-state index contributed by atoms with van der Waals surface area (Å²) in [6.45, 7) is 4.46. The van der Waals surface area contributed by atoms with Crippen LogP contribution in [0, 0.1) is 0 Å². The second-order valence-electron chi connectivity index (χ2n) is 6.24. The van der Waals surface area contributed by atoms with Crippen LogP contribution in [0.1, 0.15) is 31.6 Å². The fourth-order valence-electron chi connectivity index (χ4n) is 3.13. The topological polar surface area (TPSA) is 54.5 Å². The maximum absolute atomic E-state index is 13.1. The third-order valence-electron chi connectivity index (χ3n) is 4.60. The highest BCUT2D eigenvalue weighted by atomic mass is 16.3. The quantitative estimate of drug-likeness (QED) is 0.848. The number of carbonyl (C=O) groups excluding carboxylic acids is 1. The fraction of sp³-hybridized carbons (Fsp3) is 0.529. The van der Waals surface area contributed by atoms with Crippen LogP contribution in [0.5, 0.6) is 0 Å². The van der Waals surface area contributed by atoms with Gasteiger partial charge in [-0.05, 0) is 58.1 Å². The highest BCUT2D eigenvalue weighted by molar-refractivity contribution is 5.80. The van der Waals surface area contributed by atoms with E-state index >= 15 is 0 Å². The van der Waals surface area contributed by atoms with E-state index in [9.17, 15) is 4.79 Å². The minimum atomic E-state index is -0.306. The molecule has 1 fully saturated rings. The Labute approximate surface area is 136 Å². The monoisotopic (exact) mass is 316 g/mol. The summed E-state index contributed by atoms with van der Waals surface area (Å²) < 4.78 is 7.18. The van der Waals surface area contributed by atoms with Crippen molar-refractivity contribution in [3.05, 3.63) is 42.6 Å². The lowest BCUT2D eigenvalue weighted by atomic mass is 10.0. The molecule has 1 atom stereocenters. The van der Waals surface area contributed by atoms with Gasteiger partial charge in [-0.1, -0.05) is 0 Å². The van der Waals surface area contributed by atoms with Gasteiger partial charge in [-0.3, -0.25) is 9.48 Å². The van der Waals surface area contributed by atoms with Crippen LogP contribution >= 0.6 is 0 Å². The van der Waals surface area contributed by atoms with Gasteiger partial charge in [-0.15, -0.1) is 0 Å². The number of aromatic nitrogens is 2. The second kappa shape index (κ2) is 7.00. The molecule has 0 aliphatic carbocycles. The van der Waals surface area contributed by atoms with Crippen molar-refractivity contribution in [2.45, 2.75) is 38.4 Å². The Kier molecular flexibility index (Phi) is 4.81. The molecule has 2 aromatic heterocycles. The minimum Gasteiger partial charge on any atom is -0.467 e. The van der Waals surface area contributed by atoms with E-state index in [1.165, 1.54) is 0 Å². The molecule has 124 valence electrons. The summed E-state index contributed by atoms with van der Waals surface area (Å²) in [5.41, 5.74) is 0. The standard InChI is InChI=1S/C17H24N4O2/c1-14(21-9-4-8-18-21)17(22)20(13-16-5-3-12-23-16)15-6-10-19(2)11-7-15/h3-5,8-9,12,14-15H,6-7,10-11,13H2,1-2H3. The van der Waals surface area contributed by atoms with E-state index in [1.807, 2.05) is 36.2 Å². The van der Waals surface area contributed by atoms with Crippen LogP contribution in [0.4, 0.5) is 0 Å². The summed E-state index contributed by atoms with van der Waals surface area (Å²) in [5.74, 6) is 0.921. The molecule has 1 amide bonds. The van der Waals surface area contributed by atoms with Crippen LogP contribution in [0.2, 0.25) is 0 Å². The Bertz CT molecular complexity index is 601. The first-order valence-corrected chi connectivity index (χ1v) is 8.15. The number of hydrogen-bond acceptors (Lipinski definition) is 4. The second-order valence-corrected chi connectivity index (χ2v) is 6.24. The largest absolute Gasteiger partial charge is 0.467 e. The van der Waals surface area contributed by atoms with Gasteiger partial charge in [0.15, 0.2) is 0 Å². The molecule has 6 nitrogen and oxygen atoms in total. The normalized spacial score (nSPS) is 18.0. The average molecular weight is 316 g/mol. The first-order valence-electron chi connectivity index (χ1n) is 8.15. The molecule has 0 bridgehead atoms. The maximum Gasteiger partial charge on any atom is 0.247 e. The molecular weight excluding hydrogens is 292 g/mol. The van der Waals surface area contributed by atoms with Crippen molar-refractivity contribution < 1.29 is 9.21 Å². The maximum atomic E-state index is 13.1. The number of furan rings is 1. The zero-order valence-corrected chi connectivity index (χ0v) is 13.8. The van der Waals surface area contributed by atoms with Crippen molar-refractivity contribution >= 4 is 5.91 Å². The minimum absolute atomic E-state index is 0.0969. The van der Waals surface area contributed by atoms with Gasteiger partial charge in [0.05, 0.1) is 12.8 Å². The van der Waals surface area contributed by atoms with Crippen molar-refractivity contribution in [1.82, 2.24) is 19.6 Å². The van der Waals surface area contributed by atoms with E-state index in [-0.39, 0.29) is 18.0 Å². The molecule has 0 radical (unpaired) electrons. The molecule has 1 aliphatic rings. The summed E-state index contributed by atoms with van der Waals surface area (Å²) >= 11 is 0. The van der Waals surface area contributed by atoms with Crippen LogP contribution in [0.25, 0.3) is 0 Å². The molecule has 1 unspecified atom stereocenters. The molecule has 0 aromatic carbocycles. The van der Waals surface area contributed by atoms with Crippen LogP contribution in [0.15, 0.2) is 41.3 Å². The number of amides is 1. The summed E-state index contributed by atoms with van der Waals surface area (Å²) in [6, 6.07) is 5.58. The summed E-state index contributed by atoms with van der Waals surface area (Å²) in [5, 5.41) is 4.21. The van der Waals surface area contributed by atoms with Gasteiger partial charge in [0, 0.05) is 18.4 Å². The average Bonchev–Trinajstić information content (AvgIpc) is 3.26. The van der Waals surface area contributed by atoms with Crippen molar-refractivity contribution in [2.24, 2.45) is 0 Å². The molecule has 3 rings (SSSR count). The molecule has 0 saturated carbocycles. The Balaban J connectivity index is 1.77. The zero-order chi connectivity index (χ0) is 16.2. The highest BCUT2D eigenvalue weighted by Crippen LogP contribution is 2.22. The molecule has 3 heterocycles. The van der Waals surface area contributed by atoms with E-state index in [4.69, 9.17) is 4.42 Å². The number of piperidine rings is 1. The van der Waals surface area contributed by atoms with Gasteiger partial charge in [-0.25, -0.2) is 0 Å². The molecule has 0 spiro atoms. The molecule has 0 N–H and O–H groups in total. The molecule has 1 aliphatic heterocycles. The Morgan fingerprint density at radius 3 is 2.83 bits per heavy atom. The van der Waals surface area contributed by atoms with Crippen LogP contribution in [0.3, 0.4) is 0 Å². The van der Waals surface area contributed by atoms with E-state index in [0.29, 0.717) is 6.54 Å². The lowest BCUT2D eigenvalue weighted by molar-refractivity contribution is -0.139. The van der Waals surface area contributed by atoms with Gasteiger partial charge in [0.1, 0.15) is 11.8 Å². The van der Waals surface area contributed by atoms with Gasteiger partial charge in [0.25, 0.3) is 0 Å². The predicted octanol–water partition coefficient (Wildman–Crippen LogP) is 2.16. The summed E-state index contributed by atoms with van der Waals surface area (Å²) in [4.78, 5) is 17.3. The lowest BCUT2D eigenvalue weighted by Gasteiger charge is -2.38. The smallest absolute Gasteiger partial charge is 0.247 e. The number of hydrogen-bond donors (Lipinski definition) is 0. The Hall–Kier alpha value is -2.08. The zero-order valence-electron chi connectivity index (χ0n) is 13.8. The molecular formula is C17H24N4O2. The summed E-state index contributed by atoms with van der Waals surface area (Å²) in [7, 11) is 2.13. The SMILES string of the molecule is CC(C(=O)N(Cc1ccco1)C1CCN(C)CC1)n1cccn1. The Morgan fingerprint density at radius 2 is 2.22 bits per heavy atom. The van der Waals surface area contributed by atoms with Gasteiger partial charge < -0.3 is 14.2 Å². The van der Waals surface area contributed by atoms with Crippen molar-refractivity contribution in [2.75, 3.05) is 20.1 Å². The van der Waals surface area contributed by atoms with Gasteiger partial charge >= 0.3 is 0 Å². The van der Waals surface area contributed by atoms with Crippen molar-refractivity contribution in [3.8, 4) is 0 Å². The van der Waals surface area contributed by atoms with E-state index in [0.717, 1.165) is 31.7 Å². The molecule has 1 saturated heterocycles.